The van der Waals surface area contributed by atoms with E-state index in [0.29, 0.717) is 17.9 Å². The summed E-state index contributed by atoms with van der Waals surface area (Å²) in [5.41, 5.74) is 1.65. The Kier molecular flexibility index (Phi) is 6.26. The maximum absolute atomic E-state index is 12.6. The molecule has 0 aliphatic carbocycles. The molecule has 0 bridgehead atoms. The van der Waals surface area contributed by atoms with E-state index in [-0.39, 0.29) is 11.9 Å². The van der Waals surface area contributed by atoms with E-state index in [4.69, 9.17) is 4.74 Å². The molecule has 1 N–H and O–H groups in total. The summed E-state index contributed by atoms with van der Waals surface area (Å²) < 4.78 is 30.4. The molecular formula is C19H24N2O4S. The molecule has 0 fully saturated rings. The molecule has 2 rings (SSSR count). The Balaban J connectivity index is 2.07. The monoisotopic (exact) mass is 376 g/mol. The van der Waals surface area contributed by atoms with E-state index < -0.39 is 10.0 Å². The molecule has 1 unspecified atom stereocenters. The summed E-state index contributed by atoms with van der Waals surface area (Å²) >= 11 is 0. The van der Waals surface area contributed by atoms with Crippen molar-refractivity contribution in [2.75, 3.05) is 24.2 Å². The number of carbonyl (C=O) groups excluding carboxylic acids is 1. The van der Waals surface area contributed by atoms with Crippen molar-refractivity contribution < 1.29 is 17.9 Å². The van der Waals surface area contributed by atoms with Crippen molar-refractivity contribution in [1.82, 2.24) is 5.32 Å². The fraction of sp³-hybridized carbons (Fsp3) is 0.316. The van der Waals surface area contributed by atoms with Crippen LogP contribution in [0.1, 0.15) is 22.8 Å². The van der Waals surface area contributed by atoms with Gasteiger partial charge in [-0.05, 0) is 37.6 Å². The van der Waals surface area contributed by atoms with Crippen LogP contribution in [0.15, 0.2) is 48.5 Å². The van der Waals surface area contributed by atoms with Crippen LogP contribution in [-0.4, -0.2) is 40.3 Å². The number of nitrogens with zero attached hydrogens (tertiary/aromatic N) is 1. The van der Waals surface area contributed by atoms with E-state index in [1.807, 2.05) is 38.1 Å². The predicted octanol–water partition coefficient (Wildman–Crippen LogP) is 2.59. The Morgan fingerprint density at radius 1 is 1.15 bits per heavy atom. The summed E-state index contributed by atoms with van der Waals surface area (Å²) in [5.74, 6) is 0.419. The highest BCUT2D eigenvalue weighted by atomic mass is 32.2. The fourth-order valence-electron chi connectivity index (χ4n) is 2.40. The molecule has 2 aromatic rings. The zero-order valence-corrected chi connectivity index (χ0v) is 16.2. The van der Waals surface area contributed by atoms with Gasteiger partial charge in [-0.25, -0.2) is 8.42 Å². The summed E-state index contributed by atoms with van der Waals surface area (Å²) in [5, 5.41) is 2.85. The molecule has 0 aliphatic rings. The molecule has 1 amide bonds. The summed E-state index contributed by atoms with van der Waals surface area (Å²) in [4.78, 5) is 12.6. The largest absolute Gasteiger partial charge is 0.491 e. The normalized spacial score (nSPS) is 12.3. The maximum atomic E-state index is 12.6. The number of nitrogens with one attached hydrogen (secondary N) is 1. The number of anilines is 1. The van der Waals surface area contributed by atoms with Gasteiger partial charge in [-0.1, -0.05) is 30.3 Å². The lowest BCUT2D eigenvalue weighted by Crippen LogP contribution is -2.38. The molecule has 1 atom stereocenters. The van der Waals surface area contributed by atoms with Crippen molar-refractivity contribution in [3.63, 3.8) is 0 Å². The average Bonchev–Trinajstić information content (AvgIpc) is 2.59. The number of aryl methyl sites for hydroxylation is 1. The van der Waals surface area contributed by atoms with Crippen LogP contribution in [0.25, 0.3) is 0 Å². The van der Waals surface area contributed by atoms with Crippen LogP contribution in [0.5, 0.6) is 5.75 Å². The number of hydrogen-bond donors (Lipinski definition) is 1. The predicted molar refractivity (Wildman–Crippen MR) is 103 cm³/mol. The highest BCUT2D eigenvalue weighted by Gasteiger charge is 2.20. The van der Waals surface area contributed by atoms with Crippen LogP contribution >= 0.6 is 0 Å². The first-order valence-electron chi connectivity index (χ1n) is 8.22. The summed E-state index contributed by atoms with van der Waals surface area (Å²) in [6.07, 6.45) is 1.10. The number of rotatable bonds is 7. The lowest BCUT2D eigenvalue weighted by atomic mass is 10.1. The van der Waals surface area contributed by atoms with Gasteiger partial charge >= 0.3 is 0 Å². The van der Waals surface area contributed by atoms with E-state index in [2.05, 4.69) is 5.32 Å². The third-order valence-corrected chi connectivity index (χ3v) is 5.14. The average molecular weight is 376 g/mol. The minimum Gasteiger partial charge on any atom is -0.491 e. The Morgan fingerprint density at radius 2 is 1.77 bits per heavy atom. The molecule has 0 aromatic heterocycles. The van der Waals surface area contributed by atoms with Crippen LogP contribution in [0.4, 0.5) is 5.69 Å². The summed E-state index contributed by atoms with van der Waals surface area (Å²) in [6, 6.07) is 14.0. The van der Waals surface area contributed by atoms with Gasteiger partial charge in [-0.15, -0.1) is 0 Å². The summed E-state index contributed by atoms with van der Waals surface area (Å²) in [6.45, 7) is 4.09. The first-order valence-corrected chi connectivity index (χ1v) is 10.1. The Morgan fingerprint density at radius 3 is 2.42 bits per heavy atom. The van der Waals surface area contributed by atoms with Crippen molar-refractivity contribution in [3.8, 4) is 5.75 Å². The maximum Gasteiger partial charge on any atom is 0.253 e. The SMILES string of the molecule is Cc1ccccc1OCC(C)NC(=O)c1ccccc1N(C)S(C)(=O)=O. The Labute approximate surface area is 154 Å². The molecule has 0 heterocycles. The van der Waals surface area contributed by atoms with Crippen LogP contribution in [0.2, 0.25) is 0 Å². The standard InChI is InChI=1S/C19H24N2O4S/c1-14-9-5-8-12-18(14)25-13-15(2)20-19(22)16-10-6-7-11-17(16)21(3)26(4,23)24/h5-12,15H,13H2,1-4H3,(H,20,22). The zero-order chi connectivity index (χ0) is 19.3. The molecule has 0 spiro atoms. The second kappa shape index (κ2) is 8.23. The molecule has 140 valence electrons. The Bertz CT molecular complexity index is 881. The number of carbonyl (C=O) groups is 1. The molecule has 2 aromatic carbocycles. The van der Waals surface area contributed by atoms with Gasteiger partial charge in [0.1, 0.15) is 12.4 Å². The van der Waals surface area contributed by atoms with E-state index in [0.717, 1.165) is 21.9 Å². The van der Waals surface area contributed by atoms with Crippen molar-refractivity contribution in [2.45, 2.75) is 19.9 Å². The topological polar surface area (TPSA) is 75.7 Å². The number of sulfonamides is 1. The smallest absolute Gasteiger partial charge is 0.253 e. The quantitative estimate of drug-likeness (QED) is 0.806. The fourth-order valence-corrected chi connectivity index (χ4v) is 2.91. The van der Waals surface area contributed by atoms with E-state index in [9.17, 15) is 13.2 Å². The lowest BCUT2D eigenvalue weighted by Gasteiger charge is -2.21. The summed E-state index contributed by atoms with van der Waals surface area (Å²) in [7, 11) is -2.04. The molecule has 0 radical (unpaired) electrons. The number of hydrogen-bond acceptors (Lipinski definition) is 4. The highest BCUT2D eigenvalue weighted by molar-refractivity contribution is 7.92. The van der Waals surface area contributed by atoms with Crippen molar-refractivity contribution >= 4 is 21.6 Å². The van der Waals surface area contributed by atoms with E-state index in [1.165, 1.54) is 7.05 Å². The third-order valence-electron chi connectivity index (χ3n) is 3.95. The number of amides is 1. The second-order valence-corrected chi connectivity index (χ2v) is 8.21. The van der Waals surface area contributed by atoms with Crippen molar-refractivity contribution in [1.29, 1.82) is 0 Å². The van der Waals surface area contributed by atoms with E-state index >= 15 is 0 Å². The lowest BCUT2D eigenvalue weighted by molar-refractivity contribution is 0.0927. The van der Waals surface area contributed by atoms with Crippen LogP contribution in [0, 0.1) is 6.92 Å². The van der Waals surface area contributed by atoms with Gasteiger partial charge in [0.05, 0.1) is 23.5 Å². The molecule has 0 saturated carbocycles. The van der Waals surface area contributed by atoms with Gasteiger partial charge in [-0.2, -0.15) is 0 Å². The first kappa shape index (κ1) is 19.8. The highest BCUT2D eigenvalue weighted by Crippen LogP contribution is 2.21. The van der Waals surface area contributed by atoms with Crippen LogP contribution in [-0.2, 0) is 10.0 Å². The molecule has 6 nitrogen and oxygen atoms in total. The van der Waals surface area contributed by atoms with E-state index in [1.54, 1.807) is 24.3 Å². The van der Waals surface area contributed by atoms with Gasteiger partial charge < -0.3 is 10.1 Å². The van der Waals surface area contributed by atoms with Gasteiger partial charge in [0.2, 0.25) is 10.0 Å². The third kappa shape index (κ3) is 4.98. The second-order valence-electron chi connectivity index (χ2n) is 6.20. The molecule has 0 aliphatic heterocycles. The minimum atomic E-state index is -3.46. The number of ether oxygens (including phenoxy) is 1. The number of para-hydroxylation sites is 2. The van der Waals surface area contributed by atoms with Gasteiger partial charge in [-0.3, -0.25) is 9.10 Å². The Hall–Kier alpha value is -2.54. The van der Waals surface area contributed by atoms with Gasteiger partial charge in [0.15, 0.2) is 0 Å². The zero-order valence-electron chi connectivity index (χ0n) is 15.4. The van der Waals surface area contributed by atoms with Crippen LogP contribution < -0.4 is 14.4 Å². The van der Waals surface area contributed by atoms with Crippen molar-refractivity contribution in [3.05, 3.63) is 59.7 Å². The minimum absolute atomic E-state index is 0.251. The first-order chi connectivity index (χ1) is 12.2. The molecule has 0 saturated heterocycles. The van der Waals surface area contributed by atoms with Crippen molar-refractivity contribution in [2.24, 2.45) is 0 Å². The van der Waals surface area contributed by atoms with Gasteiger partial charge in [0.25, 0.3) is 5.91 Å². The number of benzene rings is 2. The molecular weight excluding hydrogens is 352 g/mol. The molecule has 26 heavy (non-hydrogen) atoms. The van der Waals surface area contributed by atoms with Crippen LogP contribution in [0.3, 0.4) is 0 Å². The molecule has 7 heteroatoms. The van der Waals surface area contributed by atoms with Gasteiger partial charge in [0, 0.05) is 7.05 Å².